The van der Waals surface area contributed by atoms with Crippen molar-refractivity contribution in [3.05, 3.63) is 72.8 Å². The molecule has 17 heavy (non-hydrogen) atoms. The van der Waals surface area contributed by atoms with Crippen molar-refractivity contribution in [1.29, 1.82) is 0 Å². The van der Waals surface area contributed by atoms with E-state index in [9.17, 15) is 0 Å². The molecule has 2 N–H and O–H groups in total. The normalized spacial score (nSPS) is 12.1. The third-order valence-corrected chi connectivity index (χ3v) is 2.87. The summed E-state index contributed by atoms with van der Waals surface area (Å²) in [6.45, 7) is 3.71. The molecule has 0 aromatic heterocycles. The molecule has 0 bridgehead atoms. The lowest BCUT2D eigenvalue weighted by Crippen LogP contribution is -2.08. The van der Waals surface area contributed by atoms with Crippen LogP contribution in [0, 0.1) is 0 Å². The molecule has 86 valence electrons. The van der Waals surface area contributed by atoms with Crippen LogP contribution < -0.4 is 5.73 Å². The van der Waals surface area contributed by atoms with Crippen LogP contribution in [0.15, 0.2) is 67.3 Å². The lowest BCUT2D eigenvalue weighted by atomic mass is 10.00. The number of hydrogen-bond donors (Lipinski definition) is 1. The fraction of sp³-hybridized carbons (Fsp3) is 0.125. The van der Waals surface area contributed by atoms with Gasteiger partial charge in [0.15, 0.2) is 0 Å². The topological polar surface area (TPSA) is 26.0 Å². The Kier molecular flexibility index (Phi) is 3.73. The number of benzene rings is 2. The first-order chi connectivity index (χ1) is 8.31. The summed E-state index contributed by atoms with van der Waals surface area (Å²) in [4.78, 5) is 0. The Hall–Kier alpha value is -1.86. The van der Waals surface area contributed by atoms with Crippen molar-refractivity contribution in [3.63, 3.8) is 0 Å². The van der Waals surface area contributed by atoms with Gasteiger partial charge in [0.1, 0.15) is 0 Å². The Labute approximate surface area is 103 Å². The van der Waals surface area contributed by atoms with Crippen molar-refractivity contribution in [2.45, 2.75) is 12.5 Å². The molecular formula is C16H17N. The third kappa shape index (κ3) is 2.83. The standard InChI is InChI=1S/C16H17N/c1-2-6-16(17)15-11-9-14(10-12-15)13-7-4-3-5-8-13/h2-5,7-12,16H,1,6,17H2/t16-/m0/s1. The molecule has 0 unspecified atom stereocenters. The second-order valence-electron chi connectivity index (χ2n) is 4.12. The molecule has 1 nitrogen and oxygen atoms in total. The molecule has 0 spiro atoms. The van der Waals surface area contributed by atoms with Crippen LogP contribution in [0.4, 0.5) is 0 Å². The SMILES string of the molecule is C=CC[C@H](N)c1ccc(-c2ccccc2)cc1. The van der Waals surface area contributed by atoms with E-state index in [1.807, 2.05) is 24.3 Å². The minimum atomic E-state index is 0.0531. The fourth-order valence-electron chi connectivity index (χ4n) is 1.87. The van der Waals surface area contributed by atoms with Crippen LogP contribution in [-0.2, 0) is 0 Å². The molecule has 2 aromatic rings. The first-order valence-corrected chi connectivity index (χ1v) is 5.83. The average molecular weight is 223 g/mol. The highest BCUT2D eigenvalue weighted by Crippen LogP contribution is 2.22. The second kappa shape index (κ2) is 5.46. The van der Waals surface area contributed by atoms with Crippen LogP contribution in [0.1, 0.15) is 18.0 Å². The zero-order chi connectivity index (χ0) is 12.1. The van der Waals surface area contributed by atoms with Gasteiger partial charge in [-0.3, -0.25) is 0 Å². The summed E-state index contributed by atoms with van der Waals surface area (Å²) in [7, 11) is 0. The van der Waals surface area contributed by atoms with Crippen LogP contribution in [0.3, 0.4) is 0 Å². The van der Waals surface area contributed by atoms with Crippen molar-refractivity contribution in [1.82, 2.24) is 0 Å². The van der Waals surface area contributed by atoms with Gasteiger partial charge < -0.3 is 5.73 Å². The smallest absolute Gasteiger partial charge is 0.0329 e. The molecule has 2 rings (SSSR count). The maximum atomic E-state index is 6.02. The van der Waals surface area contributed by atoms with Gasteiger partial charge in [-0.2, -0.15) is 0 Å². The Morgan fingerprint density at radius 1 is 0.941 bits per heavy atom. The molecule has 0 heterocycles. The van der Waals surface area contributed by atoms with E-state index in [1.54, 1.807) is 0 Å². The van der Waals surface area contributed by atoms with Crippen LogP contribution >= 0.6 is 0 Å². The molecule has 0 saturated heterocycles. The summed E-state index contributed by atoms with van der Waals surface area (Å²) in [6, 6.07) is 18.8. The zero-order valence-electron chi connectivity index (χ0n) is 9.84. The predicted octanol–water partition coefficient (Wildman–Crippen LogP) is 3.93. The van der Waals surface area contributed by atoms with E-state index in [0.29, 0.717) is 0 Å². The van der Waals surface area contributed by atoms with Gasteiger partial charge in [0.05, 0.1) is 0 Å². The van der Waals surface area contributed by atoms with Gasteiger partial charge in [-0.25, -0.2) is 0 Å². The maximum Gasteiger partial charge on any atom is 0.0329 e. The monoisotopic (exact) mass is 223 g/mol. The summed E-state index contributed by atoms with van der Waals surface area (Å²) in [5.74, 6) is 0. The van der Waals surface area contributed by atoms with Crippen LogP contribution in [0.5, 0.6) is 0 Å². The highest BCUT2D eigenvalue weighted by atomic mass is 14.6. The lowest BCUT2D eigenvalue weighted by Gasteiger charge is -2.10. The highest BCUT2D eigenvalue weighted by molar-refractivity contribution is 5.63. The van der Waals surface area contributed by atoms with Gasteiger partial charge in [-0.1, -0.05) is 60.7 Å². The third-order valence-electron chi connectivity index (χ3n) is 2.87. The van der Waals surface area contributed by atoms with E-state index >= 15 is 0 Å². The number of nitrogens with two attached hydrogens (primary N) is 1. The van der Waals surface area contributed by atoms with Crippen LogP contribution in [0.2, 0.25) is 0 Å². The van der Waals surface area contributed by atoms with E-state index in [0.717, 1.165) is 12.0 Å². The Balaban J connectivity index is 2.21. The summed E-state index contributed by atoms with van der Waals surface area (Å²) in [6.07, 6.45) is 2.67. The average Bonchev–Trinajstić information content (AvgIpc) is 2.40. The van der Waals surface area contributed by atoms with Crippen molar-refractivity contribution in [3.8, 4) is 11.1 Å². The minimum Gasteiger partial charge on any atom is -0.324 e. The van der Waals surface area contributed by atoms with Crippen LogP contribution in [0.25, 0.3) is 11.1 Å². The Morgan fingerprint density at radius 3 is 2.12 bits per heavy atom. The van der Waals surface area contributed by atoms with Gasteiger partial charge in [0.25, 0.3) is 0 Å². The maximum absolute atomic E-state index is 6.02. The van der Waals surface area contributed by atoms with E-state index in [4.69, 9.17) is 5.73 Å². The molecule has 1 atom stereocenters. The Morgan fingerprint density at radius 2 is 1.53 bits per heavy atom. The first kappa shape index (κ1) is 11.6. The van der Waals surface area contributed by atoms with Gasteiger partial charge in [0.2, 0.25) is 0 Å². The molecule has 0 fully saturated rings. The van der Waals surface area contributed by atoms with Gasteiger partial charge in [-0.05, 0) is 23.1 Å². The number of hydrogen-bond acceptors (Lipinski definition) is 1. The van der Waals surface area contributed by atoms with E-state index in [2.05, 4.69) is 43.0 Å². The highest BCUT2D eigenvalue weighted by Gasteiger charge is 2.03. The molecule has 1 heteroatoms. The van der Waals surface area contributed by atoms with Crippen molar-refractivity contribution >= 4 is 0 Å². The first-order valence-electron chi connectivity index (χ1n) is 5.83. The lowest BCUT2D eigenvalue weighted by molar-refractivity contribution is 0.742. The summed E-state index contributed by atoms with van der Waals surface area (Å²) >= 11 is 0. The zero-order valence-corrected chi connectivity index (χ0v) is 9.84. The minimum absolute atomic E-state index is 0.0531. The Bertz CT molecular complexity index is 471. The quantitative estimate of drug-likeness (QED) is 0.781. The van der Waals surface area contributed by atoms with Crippen molar-refractivity contribution in [2.75, 3.05) is 0 Å². The van der Waals surface area contributed by atoms with E-state index in [1.165, 1.54) is 11.1 Å². The fourth-order valence-corrected chi connectivity index (χ4v) is 1.87. The van der Waals surface area contributed by atoms with E-state index in [-0.39, 0.29) is 6.04 Å². The summed E-state index contributed by atoms with van der Waals surface area (Å²) < 4.78 is 0. The van der Waals surface area contributed by atoms with E-state index < -0.39 is 0 Å². The van der Waals surface area contributed by atoms with Gasteiger partial charge in [0, 0.05) is 6.04 Å². The largest absolute Gasteiger partial charge is 0.324 e. The predicted molar refractivity (Wildman–Crippen MR) is 73.6 cm³/mol. The summed E-state index contributed by atoms with van der Waals surface area (Å²) in [5.41, 5.74) is 9.64. The molecular weight excluding hydrogens is 206 g/mol. The number of rotatable bonds is 4. The molecule has 0 aliphatic heterocycles. The molecule has 0 aliphatic carbocycles. The molecule has 2 aromatic carbocycles. The van der Waals surface area contributed by atoms with Gasteiger partial charge >= 0.3 is 0 Å². The molecule has 0 amide bonds. The summed E-state index contributed by atoms with van der Waals surface area (Å²) in [5, 5.41) is 0. The molecule has 0 aliphatic rings. The van der Waals surface area contributed by atoms with Gasteiger partial charge in [-0.15, -0.1) is 6.58 Å². The molecule has 0 radical (unpaired) electrons. The van der Waals surface area contributed by atoms with Crippen molar-refractivity contribution in [2.24, 2.45) is 5.73 Å². The van der Waals surface area contributed by atoms with Crippen molar-refractivity contribution < 1.29 is 0 Å². The second-order valence-corrected chi connectivity index (χ2v) is 4.12. The molecule has 0 saturated carbocycles. The van der Waals surface area contributed by atoms with Crippen LogP contribution in [-0.4, -0.2) is 0 Å².